The normalized spacial score (nSPS) is 14.5. The Morgan fingerprint density at radius 3 is 2.09 bits per heavy atom. The Morgan fingerprint density at radius 2 is 1.51 bits per heavy atom. The van der Waals surface area contributed by atoms with Gasteiger partial charge < -0.3 is 15.0 Å². The summed E-state index contributed by atoms with van der Waals surface area (Å²) in [4.78, 5) is 29.5. The Bertz CT molecular complexity index is 1440. The lowest BCUT2D eigenvalue weighted by Crippen LogP contribution is -2.54. The molecule has 1 saturated carbocycles. The van der Waals surface area contributed by atoms with Crippen molar-refractivity contribution in [3.8, 4) is 5.75 Å². The lowest BCUT2D eigenvalue weighted by Gasteiger charge is -2.34. The summed E-state index contributed by atoms with van der Waals surface area (Å²) in [5.74, 6) is 0.0147. The summed E-state index contributed by atoms with van der Waals surface area (Å²) in [7, 11) is -2.51. The van der Waals surface area contributed by atoms with Crippen molar-refractivity contribution in [1.82, 2.24) is 10.2 Å². The van der Waals surface area contributed by atoms with Crippen LogP contribution >= 0.6 is 0 Å². The van der Waals surface area contributed by atoms with Gasteiger partial charge in [-0.25, -0.2) is 8.42 Å². The van der Waals surface area contributed by atoms with Gasteiger partial charge in [0, 0.05) is 12.6 Å². The highest BCUT2D eigenvalue weighted by atomic mass is 32.2. The average molecular weight is 606 g/mol. The van der Waals surface area contributed by atoms with Crippen molar-refractivity contribution >= 4 is 27.5 Å². The zero-order valence-electron chi connectivity index (χ0n) is 25.4. The minimum Gasteiger partial charge on any atom is -0.497 e. The fourth-order valence-electron chi connectivity index (χ4n) is 5.54. The van der Waals surface area contributed by atoms with Crippen LogP contribution in [0, 0.1) is 0 Å². The molecule has 2 amide bonds. The molecule has 1 atom stereocenters. The van der Waals surface area contributed by atoms with Crippen LogP contribution in [0.25, 0.3) is 0 Å². The fraction of sp³-hybridized carbons (Fsp3) is 0.412. The second kappa shape index (κ2) is 15.0. The van der Waals surface area contributed by atoms with Gasteiger partial charge in [0.1, 0.15) is 18.3 Å². The Balaban J connectivity index is 1.69. The molecule has 8 nitrogen and oxygen atoms in total. The van der Waals surface area contributed by atoms with Crippen LogP contribution in [0.15, 0.2) is 83.8 Å². The maximum Gasteiger partial charge on any atom is 0.264 e. The first kappa shape index (κ1) is 32.1. The zero-order valence-corrected chi connectivity index (χ0v) is 26.2. The van der Waals surface area contributed by atoms with Gasteiger partial charge in [-0.15, -0.1) is 0 Å². The average Bonchev–Trinajstić information content (AvgIpc) is 3.04. The van der Waals surface area contributed by atoms with Crippen molar-refractivity contribution in [2.45, 2.75) is 82.3 Å². The SMILES string of the molecule is CCc1ccc(N(CC(=O)N(Cc2ccc(OC)cc2)C(CC)C(=O)NC2CCCCC2)S(=O)(=O)c2ccccc2)cc1. The Kier molecular flexibility index (Phi) is 11.2. The largest absolute Gasteiger partial charge is 0.497 e. The third-order valence-corrected chi connectivity index (χ3v) is 9.88. The molecule has 3 aromatic carbocycles. The number of nitrogens with zero attached hydrogens (tertiary/aromatic N) is 2. The number of benzene rings is 3. The quantitative estimate of drug-likeness (QED) is 0.269. The molecular formula is C34H43N3O5S. The number of methoxy groups -OCH3 is 1. The Morgan fingerprint density at radius 1 is 0.884 bits per heavy atom. The molecule has 0 spiro atoms. The number of amides is 2. The molecule has 0 radical (unpaired) electrons. The van der Waals surface area contributed by atoms with E-state index in [4.69, 9.17) is 4.74 Å². The maximum absolute atomic E-state index is 14.3. The van der Waals surface area contributed by atoms with Gasteiger partial charge in [0.2, 0.25) is 11.8 Å². The van der Waals surface area contributed by atoms with E-state index in [0.717, 1.165) is 54.0 Å². The van der Waals surface area contributed by atoms with E-state index in [9.17, 15) is 18.0 Å². The molecule has 3 aromatic rings. The Labute approximate surface area is 256 Å². The van der Waals surface area contributed by atoms with E-state index in [1.54, 1.807) is 37.4 Å². The number of nitrogens with one attached hydrogen (secondary N) is 1. The standard InChI is InChI=1S/C34H43N3O5S/c1-4-26-16-20-29(21-17-26)37(43(40,41)31-14-10-7-11-15-31)25-33(38)36(24-27-18-22-30(42-3)23-19-27)32(5-2)34(39)35-28-12-8-6-9-13-28/h7,10-11,14-23,28,32H,4-6,8-9,12-13,24-25H2,1-3H3,(H,35,39). The van der Waals surface area contributed by atoms with Crippen molar-refractivity contribution in [2.75, 3.05) is 18.0 Å². The number of rotatable bonds is 13. The minimum atomic E-state index is -4.09. The van der Waals surface area contributed by atoms with E-state index in [1.165, 1.54) is 17.0 Å². The van der Waals surface area contributed by atoms with Gasteiger partial charge in [-0.3, -0.25) is 13.9 Å². The molecule has 0 heterocycles. The molecular weight excluding hydrogens is 562 g/mol. The van der Waals surface area contributed by atoms with Crippen LogP contribution in [-0.2, 0) is 32.6 Å². The van der Waals surface area contributed by atoms with E-state index >= 15 is 0 Å². The number of carbonyl (C=O) groups excluding carboxylic acids is 2. The van der Waals surface area contributed by atoms with Crippen LogP contribution in [-0.4, -0.2) is 50.9 Å². The predicted octanol–water partition coefficient (Wildman–Crippen LogP) is 5.71. The van der Waals surface area contributed by atoms with Gasteiger partial charge in [0.25, 0.3) is 10.0 Å². The molecule has 0 bridgehead atoms. The lowest BCUT2D eigenvalue weighted by atomic mass is 9.95. The van der Waals surface area contributed by atoms with Gasteiger partial charge in [-0.1, -0.05) is 75.6 Å². The summed E-state index contributed by atoms with van der Waals surface area (Å²) >= 11 is 0. The van der Waals surface area contributed by atoms with Crippen molar-refractivity contribution in [1.29, 1.82) is 0 Å². The van der Waals surface area contributed by atoms with Crippen LogP contribution in [0.3, 0.4) is 0 Å². The van der Waals surface area contributed by atoms with Crippen molar-refractivity contribution in [2.24, 2.45) is 0 Å². The number of aryl methyl sites for hydroxylation is 1. The molecule has 230 valence electrons. The number of anilines is 1. The molecule has 1 aliphatic carbocycles. The summed E-state index contributed by atoms with van der Waals surface area (Å²) in [6.07, 6.45) is 6.33. The highest BCUT2D eigenvalue weighted by Crippen LogP contribution is 2.26. The summed E-state index contributed by atoms with van der Waals surface area (Å²) in [5, 5.41) is 3.18. The van der Waals surface area contributed by atoms with Crippen molar-refractivity contribution < 1.29 is 22.7 Å². The van der Waals surface area contributed by atoms with Crippen molar-refractivity contribution in [3.05, 3.63) is 90.0 Å². The first-order chi connectivity index (χ1) is 20.8. The Hall–Kier alpha value is -3.85. The molecule has 1 aliphatic rings. The zero-order chi connectivity index (χ0) is 30.8. The molecule has 0 saturated heterocycles. The van der Waals surface area contributed by atoms with Crippen LogP contribution < -0.4 is 14.4 Å². The highest BCUT2D eigenvalue weighted by molar-refractivity contribution is 7.92. The first-order valence-corrected chi connectivity index (χ1v) is 16.6. The molecule has 4 rings (SSSR count). The smallest absolute Gasteiger partial charge is 0.264 e. The molecule has 0 aliphatic heterocycles. The summed E-state index contributed by atoms with van der Waals surface area (Å²) in [6, 6.07) is 22.0. The second-order valence-corrected chi connectivity index (χ2v) is 12.8. The third kappa shape index (κ3) is 8.16. The third-order valence-electron chi connectivity index (χ3n) is 8.09. The van der Waals surface area contributed by atoms with E-state index in [0.29, 0.717) is 17.9 Å². The maximum atomic E-state index is 14.3. The molecule has 0 aromatic heterocycles. The second-order valence-electron chi connectivity index (χ2n) is 11.0. The van der Waals surface area contributed by atoms with Gasteiger partial charge in [-0.05, 0) is 73.2 Å². The summed E-state index contributed by atoms with van der Waals surface area (Å²) in [5.41, 5.74) is 2.25. The fourth-order valence-corrected chi connectivity index (χ4v) is 6.97. The number of hydrogen-bond acceptors (Lipinski definition) is 5. The highest BCUT2D eigenvalue weighted by Gasteiger charge is 2.34. The summed E-state index contributed by atoms with van der Waals surface area (Å²) in [6.45, 7) is 3.60. The van der Waals surface area contributed by atoms with Gasteiger partial charge in [0.15, 0.2) is 0 Å². The van der Waals surface area contributed by atoms with Crippen LogP contribution in [0.5, 0.6) is 5.75 Å². The molecule has 9 heteroatoms. The van der Waals surface area contributed by atoms with E-state index in [2.05, 4.69) is 5.32 Å². The van der Waals surface area contributed by atoms with Gasteiger partial charge >= 0.3 is 0 Å². The number of carbonyl (C=O) groups is 2. The number of ether oxygens (including phenoxy) is 1. The van der Waals surface area contributed by atoms with Gasteiger partial charge in [0.05, 0.1) is 17.7 Å². The lowest BCUT2D eigenvalue weighted by molar-refractivity contribution is -0.140. The van der Waals surface area contributed by atoms with Crippen LogP contribution in [0.4, 0.5) is 5.69 Å². The van der Waals surface area contributed by atoms with Crippen molar-refractivity contribution in [3.63, 3.8) is 0 Å². The van der Waals surface area contributed by atoms with E-state index in [1.807, 2.05) is 50.2 Å². The predicted molar refractivity (Wildman–Crippen MR) is 169 cm³/mol. The van der Waals surface area contributed by atoms with E-state index in [-0.39, 0.29) is 23.4 Å². The van der Waals surface area contributed by atoms with E-state index < -0.39 is 28.5 Å². The van der Waals surface area contributed by atoms with Crippen LogP contribution in [0.1, 0.15) is 63.5 Å². The summed E-state index contributed by atoms with van der Waals surface area (Å²) < 4.78 is 34.4. The number of hydrogen-bond donors (Lipinski definition) is 1. The topological polar surface area (TPSA) is 96.0 Å². The first-order valence-electron chi connectivity index (χ1n) is 15.2. The molecule has 1 N–H and O–H groups in total. The molecule has 1 fully saturated rings. The minimum absolute atomic E-state index is 0.0836. The van der Waals surface area contributed by atoms with Gasteiger partial charge in [-0.2, -0.15) is 0 Å². The molecule has 1 unspecified atom stereocenters. The molecule has 43 heavy (non-hydrogen) atoms. The monoisotopic (exact) mass is 605 g/mol. The number of sulfonamides is 1. The van der Waals surface area contributed by atoms with Crippen LogP contribution in [0.2, 0.25) is 0 Å².